The number of hydroxylamine groups is 2. The van der Waals surface area contributed by atoms with E-state index in [0.717, 1.165) is 0 Å². The lowest BCUT2D eigenvalue weighted by Gasteiger charge is -2.49. The number of nitrogens with zero attached hydrogens (tertiary/aromatic N) is 1. The number of ether oxygens (including phenoxy) is 2. The van der Waals surface area contributed by atoms with Crippen molar-refractivity contribution >= 4 is 20.3 Å². The van der Waals surface area contributed by atoms with Crippen molar-refractivity contribution in [2.45, 2.75) is 83.3 Å². The Hall–Kier alpha value is -1.74. The van der Waals surface area contributed by atoms with E-state index in [9.17, 15) is 9.59 Å². The second kappa shape index (κ2) is 9.17. The summed E-state index contributed by atoms with van der Waals surface area (Å²) in [4.78, 5) is 31.0. The van der Waals surface area contributed by atoms with Crippen LogP contribution in [0.5, 0.6) is 0 Å². The molecule has 2 rings (SSSR count). The molecule has 7 nitrogen and oxygen atoms in total. The van der Waals surface area contributed by atoms with Crippen LogP contribution in [-0.2, 0) is 23.6 Å². The quantitative estimate of drug-likeness (QED) is 0.479. The molecule has 30 heavy (non-hydrogen) atoms. The van der Waals surface area contributed by atoms with Gasteiger partial charge in [-0.25, -0.2) is 4.79 Å². The van der Waals surface area contributed by atoms with Crippen molar-refractivity contribution in [1.29, 1.82) is 0 Å². The summed E-state index contributed by atoms with van der Waals surface area (Å²) in [6.45, 7) is 14.4. The van der Waals surface area contributed by atoms with Crippen LogP contribution in [0.3, 0.4) is 0 Å². The lowest BCUT2D eigenvalue weighted by atomic mass is 9.93. The second-order valence-electron chi connectivity index (χ2n) is 9.85. The van der Waals surface area contributed by atoms with Gasteiger partial charge in [-0.15, -0.1) is 0 Å². The Kier molecular flexibility index (Phi) is 7.50. The van der Waals surface area contributed by atoms with E-state index >= 15 is 0 Å². The largest absolute Gasteiger partial charge is 0.469 e. The summed E-state index contributed by atoms with van der Waals surface area (Å²) in [6, 6.07) is 8.18. The molecule has 1 aliphatic rings. The summed E-state index contributed by atoms with van der Waals surface area (Å²) in [5, 5.41) is 1.32. The standard InChI is InChI=1S/C22H35NO6Si/c1-21(2,3)30(7,8)29-23-17(14-19(24)26-6)18(15-22(4,5)28-23)27-20(25)16-12-10-9-11-13-16/h9-13,17-18H,14-15H2,1-8H3/t17-,18+/m0/s1. The van der Waals surface area contributed by atoms with E-state index in [-0.39, 0.29) is 11.5 Å². The van der Waals surface area contributed by atoms with Crippen molar-refractivity contribution in [3.63, 3.8) is 0 Å². The molecule has 1 fully saturated rings. The molecule has 1 heterocycles. The van der Waals surface area contributed by atoms with Crippen molar-refractivity contribution in [2.75, 3.05) is 7.11 Å². The van der Waals surface area contributed by atoms with Crippen molar-refractivity contribution in [2.24, 2.45) is 0 Å². The molecule has 0 radical (unpaired) electrons. The number of hydrogen-bond acceptors (Lipinski definition) is 7. The van der Waals surface area contributed by atoms with E-state index in [4.69, 9.17) is 18.8 Å². The van der Waals surface area contributed by atoms with Crippen LogP contribution in [0.4, 0.5) is 0 Å². The molecule has 1 aromatic carbocycles. The van der Waals surface area contributed by atoms with E-state index < -0.39 is 38.0 Å². The molecule has 168 valence electrons. The predicted molar refractivity (Wildman–Crippen MR) is 116 cm³/mol. The van der Waals surface area contributed by atoms with Crippen molar-refractivity contribution in [1.82, 2.24) is 5.23 Å². The summed E-state index contributed by atoms with van der Waals surface area (Å²) in [5.74, 6) is -0.867. The smallest absolute Gasteiger partial charge is 0.338 e. The number of esters is 2. The molecule has 1 saturated heterocycles. The van der Waals surface area contributed by atoms with E-state index in [1.165, 1.54) is 12.3 Å². The van der Waals surface area contributed by atoms with Gasteiger partial charge in [-0.3, -0.25) is 9.63 Å². The Balaban J connectivity index is 2.34. The molecule has 0 aliphatic carbocycles. The maximum atomic E-state index is 12.7. The molecular formula is C22H35NO6Si. The Morgan fingerprint density at radius 2 is 1.80 bits per heavy atom. The zero-order valence-electron chi connectivity index (χ0n) is 19.4. The number of carbonyl (C=O) groups is 2. The summed E-state index contributed by atoms with van der Waals surface area (Å²) in [6.07, 6.45) is -0.205. The van der Waals surface area contributed by atoms with E-state index in [1.807, 2.05) is 19.9 Å². The van der Waals surface area contributed by atoms with Gasteiger partial charge in [0.05, 0.1) is 24.7 Å². The molecule has 0 aromatic heterocycles. The average Bonchev–Trinajstić information content (AvgIpc) is 2.63. The zero-order valence-corrected chi connectivity index (χ0v) is 20.4. The molecule has 0 saturated carbocycles. The molecule has 0 N–H and O–H groups in total. The van der Waals surface area contributed by atoms with Gasteiger partial charge < -0.3 is 14.0 Å². The topological polar surface area (TPSA) is 74.3 Å². The van der Waals surface area contributed by atoms with Gasteiger partial charge in [-0.1, -0.05) is 44.2 Å². The van der Waals surface area contributed by atoms with Crippen LogP contribution in [0.2, 0.25) is 18.1 Å². The van der Waals surface area contributed by atoms with Crippen LogP contribution in [0.15, 0.2) is 30.3 Å². The first-order chi connectivity index (χ1) is 13.8. The van der Waals surface area contributed by atoms with Crippen LogP contribution in [-0.4, -0.2) is 50.3 Å². The number of methoxy groups -OCH3 is 1. The first-order valence-corrected chi connectivity index (χ1v) is 13.2. The monoisotopic (exact) mass is 437 g/mol. The Morgan fingerprint density at radius 3 is 2.33 bits per heavy atom. The first-order valence-electron chi connectivity index (χ1n) is 10.3. The Bertz CT molecular complexity index is 744. The van der Waals surface area contributed by atoms with Gasteiger partial charge >= 0.3 is 11.9 Å². The second-order valence-corrected chi connectivity index (χ2v) is 14.6. The van der Waals surface area contributed by atoms with Crippen molar-refractivity contribution in [3.8, 4) is 0 Å². The van der Waals surface area contributed by atoms with Crippen LogP contribution >= 0.6 is 0 Å². The Labute approximate surface area is 180 Å². The van der Waals surface area contributed by atoms with E-state index in [0.29, 0.717) is 12.0 Å². The number of benzene rings is 1. The van der Waals surface area contributed by atoms with Crippen LogP contribution in [0, 0.1) is 0 Å². The number of hydrogen-bond donors (Lipinski definition) is 0. The van der Waals surface area contributed by atoms with Crippen LogP contribution in [0.1, 0.15) is 57.8 Å². The highest BCUT2D eigenvalue weighted by atomic mass is 28.4. The van der Waals surface area contributed by atoms with E-state index in [2.05, 4.69) is 33.9 Å². The highest BCUT2D eigenvalue weighted by Gasteiger charge is 2.49. The maximum Gasteiger partial charge on any atom is 0.338 e. The number of carbonyl (C=O) groups excluding carboxylic acids is 2. The fraction of sp³-hybridized carbons (Fsp3) is 0.636. The van der Waals surface area contributed by atoms with Gasteiger partial charge in [0.1, 0.15) is 12.1 Å². The average molecular weight is 438 g/mol. The third-order valence-electron chi connectivity index (χ3n) is 5.73. The molecule has 0 unspecified atom stereocenters. The minimum atomic E-state index is -2.28. The molecular weight excluding hydrogens is 402 g/mol. The highest BCUT2D eigenvalue weighted by molar-refractivity contribution is 6.74. The van der Waals surface area contributed by atoms with Gasteiger partial charge in [0.2, 0.25) is 8.32 Å². The molecule has 2 atom stereocenters. The third kappa shape index (κ3) is 6.13. The van der Waals surface area contributed by atoms with Gasteiger partial charge in [0.15, 0.2) is 0 Å². The molecule has 0 bridgehead atoms. The molecule has 0 amide bonds. The third-order valence-corrected chi connectivity index (χ3v) is 9.97. The molecule has 1 aromatic rings. The molecule has 8 heteroatoms. The van der Waals surface area contributed by atoms with Gasteiger partial charge in [-0.05, 0) is 44.1 Å². The van der Waals surface area contributed by atoms with Crippen molar-refractivity contribution in [3.05, 3.63) is 35.9 Å². The lowest BCUT2D eigenvalue weighted by Crippen LogP contribution is -2.60. The van der Waals surface area contributed by atoms with E-state index in [1.54, 1.807) is 24.3 Å². The zero-order chi connectivity index (χ0) is 22.7. The predicted octanol–water partition coefficient (Wildman–Crippen LogP) is 4.50. The van der Waals surface area contributed by atoms with Gasteiger partial charge in [-0.2, -0.15) is 0 Å². The minimum absolute atomic E-state index is 0.0199. The van der Waals surface area contributed by atoms with Crippen molar-refractivity contribution < 1.29 is 28.4 Å². The maximum absolute atomic E-state index is 12.7. The lowest BCUT2D eigenvalue weighted by molar-refractivity contribution is -0.419. The summed E-state index contributed by atoms with van der Waals surface area (Å²) in [5.41, 5.74) is -0.188. The normalized spacial score (nSPS) is 22.4. The fourth-order valence-corrected chi connectivity index (χ4v) is 3.81. The highest BCUT2D eigenvalue weighted by Crippen LogP contribution is 2.40. The first kappa shape index (κ1) is 24.5. The van der Waals surface area contributed by atoms with Crippen LogP contribution in [0.25, 0.3) is 0 Å². The summed E-state index contributed by atoms with van der Waals surface area (Å²) in [7, 11) is -0.950. The minimum Gasteiger partial charge on any atom is -0.469 e. The SMILES string of the molecule is COC(=O)C[C@H]1[C@H](OC(=O)c2ccccc2)CC(C)(C)ON1O[Si](C)(C)C(C)(C)C. The number of rotatable bonds is 6. The summed E-state index contributed by atoms with van der Waals surface area (Å²) < 4.78 is 17.2. The van der Waals surface area contributed by atoms with Gasteiger partial charge in [0, 0.05) is 6.42 Å². The Morgan fingerprint density at radius 1 is 1.20 bits per heavy atom. The molecule has 0 spiro atoms. The van der Waals surface area contributed by atoms with Crippen LogP contribution < -0.4 is 0 Å². The molecule has 1 aliphatic heterocycles. The summed E-state index contributed by atoms with van der Waals surface area (Å²) >= 11 is 0. The fourth-order valence-electron chi connectivity index (χ4n) is 2.91. The van der Waals surface area contributed by atoms with Gasteiger partial charge in [0.25, 0.3) is 0 Å².